The zero-order valence-corrected chi connectivity index (χ0v) is 17.5. The minimum absolute atomic E-state index is 0.0684. The zero-order chi connectivity index (χ0) is 20.5. The predicted molar refractivity (Wildman–Crippen MR) is 109 cm³/mol. The largest absolute Gasteiger partial charge is 0.497 e. The third-order valence-electron chi connectivity index (χ3n) is 4.22. The van der Waals surface area contributed by atoms with Crippen molar-refractivity contribution < 1.29 is 22.7 Å². The highest BCUT2D eigenvalue weighted by Gasteiger charge is 2.43. The number of rotatable bonds is 5. The highest BCUT2D eigenvalue weighted by Crippen LogP contribution is 2.36. The Kier molecular flexibility index (Phi) is 5.57. The van der Waals surface area contributed by atoms with Crippen LogP contribution in [0.1, 0.15) is 12.5 Å². The Hall–Kier alpha value is -2.65. The molecular weight excluding hydrogens is 448 g/mol. The first-order valence-corrected chi connectivity index (χ1v) is 10.5. The molecule has 2 aromatic rings. The van der Waals surface area contributed by atoms with Crippen molar-refractivity contribution in [2.75, 3.05) is 19.0 Å². The number of benzene rings is 2. The molecule has 0 fully saturated rings. The Morgan fingerprint density at radius 3 is 2.39 bits per heavy atom. The van der Waals surface area contributed by atoms with Crippen LogP contribution in [0.4, 0.5) is 5.69 Å². The average Bonchev–Trinajstić information content (AvgIpc) is 2.83. The van der Waals surface area contributed by atoms with Gasteiger partial charge in [0.15, 0.2) is 0 Å². The van der Waals surface area contributed by atoms with Crippen LogP contribution >= 0.6 is 15.9 Å². The van der Waals surface area contributed by atoms with Crippen molar-refractivity contribution in [1.29, 1.82) is 0 Å². The molecule has 0 bridgehead atoms. The summed E-state index contributed by atoms with van der Waals surface area (Å²) >= 11 is 3.30. The number of nitrogens with one attached hydrogen (secondary N) is 1. The van der Waals surface area contributed by atoms with Gasteiger partial charge in [-0.15, -0.1) is 0 Å². The van der Waals surface area contributed by atoms with Crippen LogP contribution in [0.3, 0.4) is 0 Å². The van der Waals surface area contributed by atoms with Crippen LogP contribution in [0.5, 0.6) is 5.75 Å². The number of para-hydroxylation sites is 1. The number of carbonyl (C=O) groups is 2. The van der Waals surface area contributed by atoms with E-state index in [1.165, 1.54) is 14.0 Å². The number of amides is 2. The predicted octanol–water partition coefficient (Wildman–Crippen LogP) is 3.00. The summed E-state index contributed by atoms with van der Waals surface area (Å²) in [5.41, 5.74) is 0.913. The van der Waals surface area contributed by atoms with E-state index in [1.54, 1.807) is 48.5 Å². The second kappa shape index (κ2) is 7.76. The highest BCUT2D eigenvalue weighted by molar-refractivity contribution is 9.10. The van der Waals surface area contributed by atoms with Gasteiger partial charge in [-0.2, -0.15) is 0 Å². The Morgan fingerprint density at radius 1 is 1.14 bits per heavy atom. The molecule has 0 atom stereocenters. The standard InChI is InChI=1S/C19H17BrN2O5S/c1-12-18(13-7-9-14(27-2)10-8-13)28(25,26)22(19(12)24)11-17(23)21-16-6-4-3-5-15(16)20/h3-10H,11H2,1-2H3,(H,21,23). The Labute approximate surface area is 171 Å². The molecule has 0 radical (unpaired) electrons. The van der Waals surface area contributed by atoms with Gasteiger partial charge in [0.05, 0.1) is 12.8 Å². The van der Waals surface area contributed by atoms with E-state index in [-0.39, 0.29) is 10.5 Å². The van der Waals surface area contributed by atoms with Gasteiger partial charge >= 0.3 is 0 Å². The van der Waals surface area contributed by atoms with Crippen molar-refractivity contribution in [2.45, 2.75) is 6.92 Å². The monoisotopic (exact) mass is 464 g/mol. The maximum Gasteiger partial charge on any atom is 0.268 e. The van der Waals surface area contributed by atoms with Gasteiger partial charge in [0.25, 0.3) is 15.9 Å². The highest BCUT2D eigenvalue weighted by atomic mass is 79.9. The van der Waals surface area contributed by atoms with Crippen LogP contribution in [0.25, 0.3) is 4.91 Å². The molecule has 1 aliphatic heterocycles. The molecule has 3 rings (SSSR count). The number of hydrogen-bond donors (Lipinski definition) is 1. The number of methoxy groups -OCH3 is 1. The van der Waals surface area contributed by atoms with Crippen LogP contribution in [0.15, 0.2) is 58.6 Å². The van der Waals surface area contributed by atoms with E-state index in [0.717, 1.165) is 0 Å². The molecule has 28 heavy (non-hydrogen) atoms. The molecular formula is C19H17BrN2O5S. The van der Waals surface area contributed by atoms with Crippen molar-refractivity contribution in [3.8, 4) is 5.75 Å². The number of halogens is 1. The van der Waals surface area contributed by atoms with Crippen LogP contribution in [-0.4, -0.2) is 38.2 Å². The lowest BCUT2D eigenvalue weighted by atomic mass is 10.1. The molecule has 0 saturated heterocycles. The van der Waals surface area contributed by atoms with Gasteiger partial charge in [-0.25, -0.2) is 12.7 Å². The Bertz CT molecular complexity index is 1080. The molecule has 7 nitrogen and oxygen atoms in total. The number of ether oxygens (including phenoxy) is 1. The number of carbonyl (C=O) groups excluding carboxylic acids is 2. The minimum atomic E-state index is -4.15. The van der Waals surface area contributed by atoms with Crippen molar-refractivity contribution >= 4 is 48.4 Å². The minimum Gasteiger partial charge on any atom is -0.497 e. The first kappa shape index (κ1) is 20.1. The SMILES string of the molecule is COc1ccc(C2=C(C)C(=O)N(CC(=O)Nc3ccccc3Br)S2(=O)=O)cc1. The zero-order valence-electron chi connectivity index (χ0n) is 15.1. The van der Waals surface area contributed by atoms with Crippen LogP contribution in [-0.2, 0) is 19.6 Å². The van der Waals surface area contributed by atoms with Gasteiger partial charge < -0.3 is 10.1 Å². The maximum atomic E-state index is 13.0. The van der Waals surface area contributed by atoms with Crippen LogP contribution < -0.4 is 10.1 Å². The summed E-state index contributed by atoms with van der Waals surface area (Å²) in [6.45, 7) is 0.824. The molecule has 1 heterocycles. The lowest BCUT2D eigenvalue weighted by Crippen LogP contribution is -2.38. The first-order chi connectivity index (χ1) is 13.3. The Balaban J connectivity index is 1.85. The molecule has 9 heteroatoms. The van der Waals surface area contributed by atoms with Crippen molar-refractivity contribution in [2.24, 2.45) is 0 Å². The van der Waals surface area contributed by atoms with Crippen LogP contribution in [0.2, 0.25) is 0 Å². The quantitative estimate of drug-likeness (QED) is 0.733. The van der Waals surface area contributed by atoms with Crippen molar-refractivity contribution in [3.63, 3.8) is 0 Å². The maximum absolute atomic E-state index is 13.0. The van der Waals surface area contributed by atoms with E-state index in [4.69, 9.17) is 4.74 Å². The molecule has 0 aliphatic carbocycles. The molecule has 0 saturated carbocycles. The molecule has 0 unspecified atom stereocenters. The summed E-state index contributed by atoms with van der Waals surface area (Å²) < 4.78 is 32.2. The summed E-state index contributed by atoms with van der Waals surface area (Å²) in [6, 6.07) is 13.2. The third kappa shape index (κ3) is 3.67. The van der Waals surface area contributed by atoms with E-state index in [0.29, 0.717) is 25.8 Å². The lowest BCUT2D eigenvalue weighted by Gasteiger charge is -2.17. The van der Waals surface area contributed by atoms with Crippen LogP contribution in [0, 0.1) is 0 Å². The lowest BCUT2D eigenvalue weighted by molar-refractivity contribution is -0.126. The second-order valence-corrected chi connectivity index (χ2v) is 8.68. The summed E-state index contributed by atoms with van der Waals surface area (Å²) in [5, 5.41) is 2.60. The fourth-order valence-electron chi connectivity index (χ4n) is 2.84. The first-order valence-electron chi connectivity index (χ1n) is 8.22. The summed E-state index contributed by atoms with van der Waals surface area (Å²) in [7, 11) is -2.65. The summed E-state index contributed by atoms with van der Waals surface area (Å²) in [4.78, 5) is 24.8. The molecule has 0 spiro atoms. The smallest absolute Gasteiger partial charge is 0.268 e. The molecule has 2 aromatic carbocycles. The number of anilines is 1. The molecule has 146 valence electrons. The molecule has 1 N–H and O–H groups in total. The van der Waals surface area contributed by atoms with E-state index >= 15 is 0 Å². The summed E-state index contributed by atoms with van der Waals surface area (Å²) in [5.74, 6) is -0.769. The van der Waals surface area contributed by atoms with Gasteiger partial charge in [0, 0.05) is 10.0 Å². The normalized spacial score (nSPS) is 15.7. The van der Waals surface area contributed by atoms with Gasteiger partial charge in [-0.05, 0) is 64.8 Å². The average molecular weight is 465 g/mol. The van der Waals surface area contributed by atoms with Gasteiger partial charge in [0.2, 0.25) is 5.91 Å². The molecule has 1 aliphatic rings. The molecule has 0 aromatic heterocycles. The number of sulfonamides is 1. The van der Waals surface area contributed by atoms with Gasteiger partial charge in [-0.3, -0.25) is 9.59 Å². The Morgan fingerprint density at radius 2 is 1.79 bits per heavy atom. The van der Waals surface area contributed by atoms with Crippen molar-refractivity contribution in [3.05, 3.63) is 64.1 Å². The number of hydrogen-bond acceptors (Lipinski definition) is 5. The summed E-state index contributed by atoms with van der Waals surface area (Å²) in [6.07, 6.45) is 0. The third-order valence-corrected chi connectivity index (χ3v) is 6.85. The van der Waals surface area contributed by atoms with Crippen molar-refractivity contribution in [1.82, 2.24) is 4.31 Å². The fraction of sp³-hybridized carbons (Fsp3) is 0.158. The van der Waals surface area contributed by atoms with Gasteiger partial charge in [0.1, 0.15) is 17.2 Å². The molecule has 2 amide bonds. The van der Waals surface area contributed by atoms with E-state index in [2.05, 4.69) is 21.2 Å². The fourth-order valence-corrected chi connectivity index (χ4v) is 5.00. The van der Waals surface area contributed by atoms with E-state index < -0.39 is 28.4 Å². The topological polar surface area (TPSA) is 92.8 Å². The number of nitrogens with zero attached hydrogens (tertiary/aromatic N) is 1. The van der Waals surface area contributed by atoms with E-state index in [1.807, 2.05) is 0 Å². The van der Waals surface area contributed by atoms with Gasteiger partial charge in [-0.1, -0.05) is 12.1 Å². The van der Waals surface area contributed by atoms with E-state index in [9.17, 15) is 18.0 Å². The second-order valence-electron chi connectivity index (χ2n) is 6.03.